The summed E-state index contributed by atoms with van der Waals surface area (Å²) in [5, 5.41) is 2.48. The lowest BCUT2D eigenvalue weighted by Crippen LogP contribution is -2.26. The highest BCUT2D eigenvalue weighted by Gasteiger charge is 2.32. The zero-order valence-corrected chi connectivity index (χ0v) is 12.9. The number of amides is 1. The quantitative estimate of drug-likeness (QED) is 0.885. The van der Waals surface area contributed by atoms with Gasteiger partial charge in [0, 0.05) is 12.6 Å². The van der Waals surface area contributed by atoms with Gasteiger partial charge in [-0.3, -0.25) is 0 Å². The molecule has 0 bridgehead atoms. The standard InChI is InChI=1S/C17H17F3N2O2/c1-11(21)13-7-14(17(18,19)20)9-15(8-13)24-16(23)22-10-12-5-3-2-4-6-12/h2-9,11H,10,21H2,1H3,(H,22,23)/t11-/m1/s1. The Bertz CT molecular complexity index is 701. The Morgan fingerprint density at radius 3 is 2.46 bits per heavy atom. The maximum absolute atomic E-state index is 12.9. The zero-order chi connectivity index (χ0) is 17.7. The molecule has 0 saturated carbocycles. The van der Waals surface area contributed by atoms with Crippen LogP contribution in [0.1, 0.15) is 29.7 Å². The third-order valence-corrected chi connectivity index (χ3v) is 3.27. The molecule has 0 fully saturated rings. The fourth-order valence-corrected chi connectivity index (χ4v) is 2.02. The maximum atomic E-state index is 12.9. The van der Waals surface area contributed by atoms with Crippen molar-refractivity contribution in [3.8, 4) is 5.75 Å². The van der Waals surface area contributed by atoms with Crippen LogP contribution in [0.15, 0.2) is 48.5 Å². The van der Waals surface area contributed by atoms with Crippen LogP contribution in [0.3, 0.4) is 0 Å². The summed E-state index contributed by atoms with van der Waals surface area (Å²) in [6, 6.07) is 11.5. The van der Waals surface area contributed by atoms with Gasteiger partial charge in [0.2, 0.25) is 0 Å². The topological polar surface area (TPSA) is 64.3 Å². The molecule has 0 aromatic heterocycles. The van der Waals surface area contributed by atoms with E-state index in [0.717, 1.165) is 17.7 Å². The van der Waals surface area contributed by atoms with Crippen LogP contribution in [-0.4, -0.2) is 6.09 Å². The van der Waals surface area contributed by atoms with E-state index in [9.17, 15) is 18.0 Å². The van der Waals surface area contributed by atoms with Crippen molar-refractivity contribution in [3.05, 3.63) is 65.2 Å². The lowest BCUT2D eigenvalue weighted by atomic mass is 10.0. The number of hydrogen-bond donors (Lipinski definition) is 2. The van der Waals surface area contributed by atoms with Crippen LogP contribution >= 0.6 is 0 Å². The second-order valence-corrected chi connectivity index (χ2v) is 5.31. The molecule has 24 heavy (non-hydrogen) atoms. The lowest BCUT2D eigenvalue weighted by Gasteiger charge is -2.14. The van der Waals surface area contributed by atoms with Gasteiger partial charge in [-0.05, 0) is 36.2 Å². The van der Waals surface area contributed by atoms with Gasteiger partial charge < -0.3 is 15.8 Å². The second kappa shape index (κ2) is 7.35. The molecular formula is C17H17F3N2O2. The van der Waals surface area contributed by atoms with Gasteiger partial charge in [-0.1, -0.05) is 30.3 Å². The molecule has 0 aliphatic rings. The summed E-state index contributed by atoms with van der Waals surface area (Å²) in [5.74, 6) is -0.206. The highest BCUT2D eigenvalue weighted by atomic mass is 19.4. The number of carbonyl (C=O) groups excluding carboxylic acids is 1. The van der Waals surface area contributed by atoms with Crippen LogP contribution < -0.4 is 15.8 Å². The summed E-state index contributed by atoms with van der Waals surface area (Å²) >= 11 is 0. The van der Waals surface area contributed by atoms with E-state index in [2.05, 4.69) is 5.32 Å². The van der Waals surface area contributed by atoms with E-state index in [1.54, 1.807) is 19.1 Å². The molecule has 0 spiro atoms. The Hall–Kier alpha value is -2.54. The SMILES string of the molecule is C[C@@H](N)c1cc(OC(=O)NCc2ccccc2)cc(C(F)(F)F)c1. The van der Waals surface area contributed by atoms with Crippen molar-refractivity contribution in [2.75, 3.05) is 0 Å². The predicted molar refractivity (Wildman–Crippen MR) is 83.4 cm³/mol. The molecule has 7 heteroatoms. The summed E-state index contributed by atoms with van der Waals surface area (Å²) < 4.78 is 43.7. The van der Waals surface area contributed by atoms with Crippen LogP contribution in [0.5, 0.6) is 5.75 Å². The van der Waals surface area contributed by atoms with E-state index < -0.39 is 23.9 Å². The van der Waals surface area contributed by atoms with Crippen molar-refractivity contribution >= 4 is 6.09 Å². The number of nitrogens with two attached hydrogens (primary N) is 1. The Labute approximate surface area is 137 Å². The number of halogens is 3. The van der Waals surface area contributed by atoms with Crippen LogP contribution in [-0.2, 0) is 12.7 Å². The minimum Gasteiger partial charge on any atom is -0.410 e. The average molecular weight is 338 g/mol. The highest BCUT2D eigenvalue weighted by molar-refractivity contribution is 5.70. The lowest BCUT2D eigenvalue weighted by molar-refractivity contribution is -0.137. The number of alkyl halides is 3. The summed E-state index contributed by atoms with van der Waals surface area (Å²) in [5.41, 5.74) is 5.80. The van der Waals surface area contributed by atoms with Gasteiger partial charge in [0.05, 0.1) is 5.56 Å². The molecule has 0 unspecified atom stereocenters. The fraction of sp³-hybridized carbons (Fsp3) is 0.235. The molecule has 0 aliphatic carbocycles. The van der Waals surface area contributed by atoms with Crippen molar-refractivity contribution < 1.29 is 22.7 Å². The van der Waals surface area contributed by atoms with E-state index in [1.807, 2.05) is 18.2 Å². The van der Waals surface area contributed by atoms with Gasteiger partial charge in [0.1, 0.15) is 5.75 Å². The molecule has 3 N–H and O–H groups in total. The van der Waals surface area contributed by atoms with E-state index in [4.69, 9.17) is 10.5 Å². The monoisotopic (exact) mass is 338 g/mol. The third-order valence-electron chi connectivity index (χ3n) is 3.27. The minimum absolute atomic E-state index is 0.206. The van der Waals surface area contributed by atoms with Gasteiger partial charge in [-0.25, -0.2) is 4.79 Å². The van der Waals surface area contributed by atoms with Crippen LogP contribution in [0.2, 0.25) is 0 Å². The number of rotatable bonds is 4. The number of hydrogen-bond acceptors (Lipinski definition) is 3. The van der Waals surface area contributed by atoms with Gasteiger partial charge in [0.15, 0.2) is 0 Å². The van der Waals surface area contributed by atoms with E-state index in [0.29, 0.717) is 0 Å². The molecule has 4 nitrogen and oxygen atoms in total. The largest absolute Gasteiger partial charge is 0.416 e. The Morgan fingerprint density at radius 1 is 1.21 bits per heavy atom. The Balaban J connectivity index is 2.10. The molecule has 1 atom stereocenters. The molecule has 128 valence electrons. The number of carbonyl (C=O) groups is 1. The smallest absolute Gasteiger partial charge is 0.410 e. The zero-order valence-electron chi connectivity index (χ0n) is 12.9. The summed E-state index contributed by atoms with van der Waals surface area (Å²) in [6.45, 7) is 1.76. The summed E-state index contributed by atoms with van der Waals surface area (Å²) in [6.07, 6.45) is -5.39. The van der Waals surface area contributed by atoms with E-state index >= 15 is 0 Å². The van der Waals surface area contributed by atoms with Crippen LogP contribution in [0, 0.1) is 0 Å². The van der Waals surface area contributed by atoms with Crippen molar-refractivity contribution in [3.63, 3.8) is 0 Å². The van der Waals surface area contributed by atoms with Gasteiger partial charge in [0.25, 0.3) is 0 Å². The van der Waals surface area contributed by atoms with E-state index in [-0.39, 0.29) is 17.9 Å². The third kappa shape index (κ3) is 4.99. The Kier molecular flexibility index (Phi) is 5.46. The van der Waals surface area contributed by atoms with Gasteiger partial charge in [-0.15, -0.1) is 0 Å². The normalized spacial score (nSPS) is 12.5. The molecular weight excluding hydrogens is 321 g/mol. The number of benzene rings is 2. The second-order valence-electron chi connectivity index (χ2n) is 5.31. The molecule has 2 rings (SSSR count). The molecule has 0 radical (unpaired) electrons. The number of ether oxygens (including phenoxy) is 1. The van der Waals surface area contributed by atoms with Crippen LogP contribution in [0.4, 0.5) is 18.0 Å². The molecule has 2 aromatic rings. The van der Waals surface area contributed by atoms with Crippen molar-refractivity contribution in [2.45, 2.75) is 25.7 Å². The first-order valence-corrected chi connectivity index (χ1v) is 7.23. The van der Waals surface area contributed by atoms with E-state index in [1.165, 1.54) is 6.07 Å². The highest BCUT2D eigenvalue weighted by Crippen LogP contribution is 2.33. The van der Waals surface area contributed by atoms with Gasteiger partial charge >= 0.3 is 12.3 Å². The van der Waals surface area contributed by atoms with Crippen LogP contribution in [0.25, 0.3) is 0 Å². The fourth-order valence-electron chi connectivity index (χ4n) is 2.02. The Morgan fingerprint density at radius 2 is 1.88 bits per heavy atom. The first-order valence-electron chi connectivity index (χ1n) is 7.23. The van der Waals surface area contributed by atoms with Crippen molar-refractivity contribution in [1.82, 2.24) is 5.32 Å². The van der Waals surface area contributed by atoms with Gasteiger partial charge in [-0.2, -0.15) is 13.2 Å². The first kappa shape index (κ1) is 17.8. The molecule has 0 saturated heterocycles. The molecule has 1 amide bonds. The van der Waals surface area contributed by atoms with Crippen molar-refractivity contribution in [1.29, 1.82) is 0 Å². The maximum Gasteiger partial charge on any atom is 0.416 e. The minimum atomic E-state index is -4.55. The predicted octanol–water partition coefficient (Wildman–Crippen LogP) is 4.01. The molecule has 2 aromatic carbocycles. The van der Waals surface area contributed by atoms with Crippen molar-refractivity contribution in [2.24, 2.45) is 5.73 Å². The average Bonchev–Trinajstić information content (AvgIpc) is 2.53. The molecule has 0 heterocycles. The number of nitrogens with one attached hydrogen (secondary N) is 1. The summed E-state index contributed by atoms with van der Waals surface area (Å²) in [7, 11) is 0. The first-order chi connectivity index (χ1) is 11.3. The summed E-state index contributed by atoms with van der Waals surface area (Å²) in [4.78, 5) is 11.8. The molecule has 0 aliphatic heterocycles.